The molecule has 0 unspecified atom stereocenters. The summed E-state index contributed by atoms with van der Waals surface area (Å²) in [5.41, 5.74) is 1.37. The van der Waals surface area contributed by atoms with Crippen LogP contribution in [0.5, 0.6) is 11.5 Å². The lowest BCUT2D eigenvalue weighted by atomic mass is 10.2. The number of nitrogens with zero attached hydrogens (tertiary/aromatic N) is 3. The van der Waals surface area contributed by atoms with Crippen LogP contribution in [-0.4, -0.2) is 53.7 Å². The van der Waals surface area contributed by atoms with Gasteiger partial charge >= 0.3 is 0 Å². The van der Waals surface area contributed by atoms with E-state index in [0.717, 1.165) is 43.3 Å². The lowest BCUT2D eigenvalue weighted by Crippen LogP contribution is -2.46. The topological polar surface area (TPSA) is 99.8 Å². The number of hydrogen-bond donors (Lipinski definition) is 2. The molecule has 2 aliphatic heterocycles. The van der Waals surface area contributed by atoms with Crippen molar-refractivity contribution in [2.45, 2.75) is 13.1 Å². The highest BCUT2D eigenvalue weighted by Gasteiger charge is 2.19. The maximum atomic E-state index is 12.5. The fraction of sp³-hybridized carbons (Fsp3) is 0.292. The van der Waals surface area contributed by atoms with Crippen LogP contribution < -0.4 is 25.2 Å². The van der Waals surface area contributed by atoms with Gasteiger partial charge in [-0.2, -0.15) is 0 Å². The van der Waals surface area contributed by atoms with E-state index in [-0.39, 0.29) is 24.5 Å². The van der Waals surface area contributed by atoms with E-state index < -0.39 is 5.91 Å². The second kappa shape index (κ2) is 9.33. The summed E-state index contributed by atoms with van der Waals surface area (Å²) in [7, 11) is 0. The number of benzene rings is 1. The van der Waals surface area contributed by atoms with Gasteiger partial charge in [0.2, 0.25) is 6.79 Å². The second-order valence-electron chi connectivity index (χ2n) is 8.05. The number of aromatic amines is 1. The van der Waals surface area contributed by atoms with Crippen molar-refractivity contribution < 1.29 is 14.3 Å². The van der Waals surface area contributed by atoms with E-state index in [0.29, 0.717) is 18.0 Å². The van der Waals surface area contributed by atoms with Crippen LogP contribution in [-0.2, 0) is 13.1 Å². The highest BCUT2D eigenvalue weighted by atomic mass is 16.7. The molecule has 2 N–H and O–H groups in total. The number of rotatable bonds is 6. The van der Waals surface area contributed by atoms with E-state index in [1.54, 1.807) is 12.3 Å². The summed E-state index contributed by atoms with van der Waals surface area (Å²) in [6, 6.07) is 14.8. The van der Waals surface area contributed by atoms with Crippen LogP contribution in [0.4, 0.5) is 5.82 Å². The normalized spacial score (nSPS) is 15.5. The molecule has 5 rings (SSSR count). The predicted octanol–water partition coefficient (Wildman–Crippen LogP) is 1.75. The van der Waals surface area contributed by atoms with Crippen LogP contribution in [0.25, 0.3) is 0 Å². The van der Waals surface area contributed by atoms with Crippen molar-refractivity contribution in [2.24, 2.45) is 0 Å². The highest BCUT2D eigenvalue weighted by molar-refractivity contribution is 5.93. The number of fused-ring (bicyclic) bond motifs is 1. The molecule has 9 heteroatoms. The van der Waals surface area contributed by atoms with Crippen molar-refractivity contribution in [1.82, 2.24) is 20.2 Å². The lowest BCUT2D eigenvalue weighted by Gasteiger charge is -2.35. The largest absolute Gasteiger partial charge is 0.454 e. The van der Waals surface area contributed by atoms with Gasteiger partial charge in [0.05, 0.1) is 0 Å². The first-order valence-corrected chi connectivity index (χ1v) is 10.9. The minimum absolute atomic E-state index is 0.0967. The van der Waals surface area contributed by atoms with Crippen molar-refractivity contribution in [3.8, 4) is 11.5 Å². The number of H-pyrrole nitrogens is 1. The minimum Gasteiger partial charge on any atom is -0.454 e. The number of anilines is 1. The monoisotopic (exact) mass is 447 g/mol. The Morgan fingerprint density at radius 1 is 1.03 bits per heavy atom. The van der Waals surface area contributed by atoms with Crippen molar-refractivity contribution in [3.05, 3.63) is 81.9 Å². The number of amides is 1. The molecule has 1 aromatic carbocycles. The molecule has 1 fully saturated rings. The average molecular weight is 447 g/mol. The summed E-state index contributed by atoms with van der Waals surface area (Å²) in [6.45, 7) is 4.62. The molecule has 2 aromatic heterocycles. The molecule has 0 saturated carbocycles. The van der Waals surface area contributed by atoms with Crippen LogP contribution in [0.1, 0.15) is 21.6 Å². The van der Waals surface area contributed by atoms with E-state index in [1.807, 2.05) is 42.5 Å². The first-order valence-electron chi connectivity index (χ1n) is 10.9. The number of aromatic nitrogens is 2. The molecule has 0 bridgehead atoms. The molecule has 0 radical (unpaired) electrons. The van der Waals surface area contributed by atoms with Crippen LogP contribution in [0, 0.1) is 0 Å². The first kappa shape index (κ1) is 21.0. The first-order chi connectivity index (χ1) is 16.2. The summed E-state index contributed by atoms with van der Waals surface area (Å²) in [6.07, 6.45) is 1.80. The quantitative estimate of drug-likeness (QED) is 0.594. The Labute approximate surface area is 191 Å². The third-order valence-electron chi connectivity index (χ3n) is 5.84. The maximum Gasteiger partial charge on any atom is 0.261 e. The summed E-state index contributed by atoms with van der Waals surface area (Å²) in [5.74, 6) is 1.92. The summed E-state index contributed by atoms with van der Waals surface area (Å²) < 4.78 is 10.6. The van der Waals surface area contributed by atoms with Gasteiger partial charge in [-0.3, -0.25) is 14.5 Å². The molecule has 1 saturated heterocycles. The zero-order chi connectivity index (χ0) is 22.6. The van der Waals surface area contributed by atoms with Crippen LogP contribution >= 0.6 is 0 Å². The molecule has 33 heavy (non-hydrogen) atoms. The molecule has 2 aliphatic rings. The van der Waals surface area contributed by atoms with Gasteiger partial charge in [-0.25, -0.2) is 4.98 Å². The number of pyridine rings is 2. The Morgan fingerprint density at radius 2 is 1.88 bits per heavy atom. The molecule has 3 aromatic rings. The SMILES string of the molecule is O=C(NCc1ccc2c(c1)OCO2)c1ccc(CN2CCN(c3ccccn3)CC2)[nH]c1=O. The minimum atomic E-state index is -0.413. The van der Waals surface area contributed by atoms with Gasteiger partial charge in [-0.15, -0.1) is 0 Å². The molecule has 9 nitrogen and oxygen atoms in total. The van der Waals surface area contributed by atoms with Crippen molar-refractivity contribution in [1.29, 1.82) is 0 Å². The summed E-state index contributed by atoms with van der Waals surface area (Å²) in [4.78, 5) is 36.9. The Kier molecular flexibility index (Phi) is 5.95. The van der Waals surface area contributed by atoms with Gasteiger partial charge in [0.25, 0.3) is 11.5 Å². The van der Waals surface area contributed by atoms with Crippen LogP contribution in [0.3, 0.4) is 0 Å². The second-order valence-corrected chi connectivity index (χ2v) is 8.05. The molecular weight excluding hydrogens is 422 g/mol. The number of piperazine rings is 1. The molecule has 0 spiro atoms. The Hall–Kier alpha value is -3.85. The van der Waals surface area contributed by atoms with E-state index in [2.05, 4.69) is 25.1 Å². The standard InChI is InChI=1S/C24H25N5O4/c30-23(26-14-17-4-7-20-21(13-17)33-16-32-20)19-6-5-18(27-24(19)31)15-28-9-11-29(12-10-28)22-3-1-2-8-25-22/h1-8,13H,9-12,14-16H2,(H,26,30)(H,27,31). The van der Waals surface area contributed by atoms with Gasteiger partial charge < -0.3 is 24.7 Å². The van der Waals surface area contributed by atoms with Gasteiger partial charge in [0.1, 0.15) is 11.4 Å². The number of ether oxygens (including phenoxy) is 2. The van der Waals surface area contributed by atoms with Crippen molar-refractivity contribution in [3.63, 3.8) is 0 Å². The molecule has 170 valence electrons. The highest BCUT2D eigenvalue weighted by Crippen LogP contribution is 2.32. The predicted molar refractivity (Wildman–Crippen MR) is 123 cm³/mol. The van der Waals surface area contributed by atoms with Crippen LogP contribution in [0.15, 0.2) is 59.5 Å². The van der Waals surface area contributed by atoms with Gasteiger partial charge in [0, 0.05) is 51.2 Å². The van der Waals surface area contributed by atoms with E-state index >= 15 is 0 Å². The number of hydrogen-bond acceptors (Lipinski definition) is 7. The van der Waals surface area contributed by atoms with E-state index in [9.17, 15) is 9.59 Å². The van der Waals surface area contributed by atoms with E-state index in [1.165, 1.54) is 0 Å². The smallest absolute Gasteiger partial charge is 0.261 e. The number of carbonyl (C=O) groups excluding carboxylic acids is 1. The van der Waals surface area contributed by atoms with Crippen LogP contribution in [0.2, 0.25) is 0 Å². The third-order valence-corrected chi connectivity index (χ3v) is 5.84. The molecule has 4 heterocycles. The van der Waals surface area contributed by atoms with Crippen molar-refractivity contribution >= 4 is 11.7 Å². The summed E-state index contributed by atoms with van der Waals surface area (Å²) in [5, 5.41) is 2.79. The fourth-order valence-electron chi connectivity index (χ4n) is 4.03. The Bertz CT molecular complexity index is 1190. The molecule has 0 atom stereocenters. The van der Waals surface area contributed by atoms with E-state index in [4.69, 9.17) is 9.47 Å². The zero-order valence-electron chi connectivity index (χ0n) is 18.1. The average Bonchev–Trinajstić information content (AvgIpc) is 3.32. The Morgan fingerprint density at radius 3 is 2.67 bits per heavy atom. The Balaban J connectivity index is 1.15. The third kappa shape index (κ3) is 4.83. The van der Waals surface area contributed by atoms with Crippen molar-refractivity contribution in [2.75, 3.05) is 37.9 Å². The van der Waals surface area contributed by atoms with Gasteiger partial charge in [-0.05, 0) is 42.0 Å². The molecule has 1 amide bonds. The fourth-order valence-corrected chi connectivity index (χ4v) is 4.03. The van der Waals surface area contributed by atoms with Gasteiger partial charge in [-0.1, -0.05) is 12.1 Å². The lowest BCUT2D eigenvalue weighted by molar-refractivity contribution is 0.0949. The number of carbonyl (C=O) groups is 1. The van der Waals surface area contributed by atoms with Gasteiger partial charge in [0.15, 0.2) is 11.5 Å². The summed E-state index contributed by atoms with van der Waals surface area (Å²) >= 11 is 0. The molecule has 0 aliphatic carbocycles. The zero-order valence-corrected chi connectivity index (χ0v) is 18.1. The maximum absolute atomic E-state index is 12.5. The number of nitrogens with one attached hydrogen (secondary N) is 2. The molecular formula is C24H25N5O4.